The van der Waals surface area contributed by atoms with Gasteiger partial charge in [-0.05, 0) is 67.8 Å². The van der Waals surface area contributed by atoms with Gasteiger partial charge in [0.15, 0.2) is 0 Å². The largest absolute Gasteiger partial charge is 0.394 e. The van der Waals surface area contributed by atoms with Gasteiger partial charge in [0.05, 0.1) is 62.6 Å². The second kappa shape index (κ2) is 15.7. The van der Waals surface area contributed by atoms with Crippen LogP contribution < -0.4 is 10.6 Å². The Morgan fingerprint density at radius 3 is 1.78 bits per heavy atom. The van der Waals surface area contributed by atoms with Crippen LogP contribution in [0.2, 0.25) is 0 Å². The Morgan fingerprint density at radius 2 is 1.35 bits per heavy atom. The third-order valence-electron chi connectivity index (χ3n) is 4.90. The molecule has 1 aromatic rings. The molecule has 4 amide bonds. The van der Waals surface area contributed by atoms with E-state index in [1.54, 1.807) is 67.8 Å². The number of primary amides is 1. The van der Waals surface area contributed by atoms with Gasteiger partial charge in [0, 0.05) is 30.5 Å². The van der Waals surface area contributed by atoms with E-state index in [2.05, 4.69) is 0 Å². The Bertz CT molecular complexity index is 1010. The minimum Gasteiger partial charge on any atom is -0.394 e. The Balaban J connectivity index is 3.77. The van der Waals surface area contributed by atoms with Gasteiger partial charge in [0.2, 0.25) is 11.8 Å². The number of aliphatic hydroxyl groups is 5. The molecule has 0 aliphatic carbocycles. The number of halogens is 3. The zero-order valence-corrected chi connectivity index (χ0v) is 26.3. The summed E-state index contributed by atoms with van der Waals surface area (Å²) in [6.45, 7) is -0.697. The number of nitrogens with two attached hydrogens (primary N) is 1. The van der Waals surface area contributed by atoms with Crippen molar-refractivity contribution < 1.29 is 49.4 Å². The first kappa shape index (κ1) is 34.3. The average molecular weight is 863 g/mol. The highest BCUT2D eigenvalue weighted by Crippen LogP contribution is 2.38. The fraction of sp³-hybridized carbons (Fsp3) is 0.524. The maximum absolute atomic E-state index is 13.8. The predicted molar refractivity (Wildman–Crippen MR) is 156 cm³/mol. The van der Waals surface area contributed by atoms with Crippen molar-refractivity contribution in [3.63, 3.8) is 0 Å². The first-order valence-electron chi connectivity index (χ1n) is 10.6. The molecule has 0 fully saturated rings. The van der Waals surface area contributed by atoms with Gasteiger partial charge >= 0.3 is 0 Å². The summed E-state index contributed by atoms with van der Waals surface area (Å²) >= 11 is 5.29. The summed E-state index contributed by atoms with van der Waals surface area (Å²) in [4.78, 5) is 52.7. The summed E-state index contributed by atoms with van der Waals surface area (Å²) in [7, 11) is 0. The summed E-state index contributed by atoms with van der Waals surface area (Å²) in [5.41, 5.74) is 5.37. The molecule has 0 saturated carbocycles. The Kier molecular flexibility index (Phi) is 14.6. The van der Waals surface area contributed by atoms with E-state index in [0.29, 0.717) is 0 Å². The maximum Gasteiger partial charge on any atom is 0.256 e. The molecular formula is C21H28I3N3O10. The third kappa shape index (κ3) is 8.88. The fourth-order valence-corrected chi connectivity index (χ4v) is 7.85. The van der Waals surface area contributed by atoms with Crippen molar-refractivity contribution in [3.8, 4) is 0 Å². The van der Waals surface area contributed by atoms with E-state index in [9.17, 15) is 39.6 Å². The molecule has 0 aliphatic rings. The van der Waals surface area contributed by atoms with Gasteiger partial charge in [-0.2, -0.15) is 0 Å². The van der Waals surface area contributed by atoms with E-state index < -0.39 is 68.3 Å². The molecule has 3 atom stereocenters. The zero-order valence-electron chi connectivity index (χ0n) is 19.9. The van der Waals surface area contributed by atoms with E-state index in [-0.39, 0.29) is 40.7 Å². The van der Waals surface area contributed by atoms with Crippen molar-refractivity contribution in [3.05, 3.63) is 21.8 Å². The fourth-order valence-electron chi connectivity index (χ4n) is 3.21. The van der Waals surface area contributed by atoms with Crippen LogP contribution in [0, 0.1) is 10.7 Å². The quantitative estimate of drug-likeness (QED) is 0.134. The number of nitrogens with zero attached hydrogens (tertiary/aromatic N) is 2. The van der Waals surface area contributed by atoms with Crippen LogP contribution >= 0.6 is 67.8 Å². The highest BCUT2D eigenvalue weighted by molar-refractivity contribution is 14.1. The van der Waals surface area contributed by atoms with Gasteiger partial charge in [-0.25, -0.2) is 4.90 Å². The molecule has 0 saturated heterocycles. The molecule has 7 N–H and O–H groups in total. The molecule has 37 heavy (non-hydrogen) atoms. The molecule has 208 valence electrons. The lowest BCUT2D eigenvalue weighted by molar-refractivity contribution is -0.124. The van der Waals surface area contributed by atoms with E-state index in [0.717, 1.165) is 23.6 Å². The van der Waals surface area contributed by atoms with E-state index in [1.807, 2.05) is 0 Å². The summed E-state index contributed by atoms with van der Waals surface area (Å²) in [5.74, 6) is -3.02. The average Bonchev–Trinajstić information content (AvgIpc) is 2.81. The van der Waals surface area contributed by atoms with Crippen LogP contribution in [0.3, 0.4) is 0 Å². The summed E-state index contributed by atoms with van der Waals surface area (Å²) in [6, 6.07) is 0. The Morgan fingerprint density at radius 1 is 0.838 bits per heavy atom. The Labute approximate surface area is 253 Å². The summed E-state index contributed by atoms with van der Waals surface area (Å²) < 4.78 is 5.82. The monoisotopic (exact) mass is 863 g/mol. The van der Waals surface area contributed by atoms with Gasteiger partial charge < -0.3 is 40.9 Å². The summed E-state index contributed by atoms with van der Waals surface area (Å²) in [6.07, 6.45) is -3.67. The lowest BCUT2D eigenvalue weighted by Gasteiger charge is -2.31. The third-order valence-corrected chi connectivity index (χ3v) is 8.08. The highest BCUT2D eigenvalue weighted by Gasteiger charge is 2.34. The number of aliphatic hydroxyl groups excluding tert-OH is 5. The van der Waals surface area contributed by atoms with Crippen molar-refractivity contribution in [2.24, 2.45) is 5.73 Å². The second-order valence-electron chi connectivity index (χ2n) is 7.80. The van der Waals surface area contributed by atoms with Crippen molar-refractivity contribution in [2.75, 3.05) is 44.4 Å². The number of amides is 4. The van der Waals surface area contributed by atoms with Gasteiger partial charge in [0.25, 0.3) is 11.8 Å². The molecule has 0 spiro atoms. The highest BCUT2D eigenvalue weighted by atomic mass is 127. The second-order valence-corrected chi connectivity index (χ2v) is 11.0. The molecule has 0 radical (unpaired) electrons. The number of carbonyl (C=O) groups excluding carboxylic acids is 4. The zero-order chi connectivity index (χ0) is 28.6. The van der Waals surface area contributed by atoms with Crippen LogP contribution in [0.25, 0.3) is 0 Å². The normalized spacial score (nSPS) is 13.6. The number of ether oxygens (including phenoxy) is 1. The van der Waals surface area contributed by atoms with Crippen molar-refractivity contribution in [2.45, 2.75) is 32.2 Å². The number of hydrogen-bond donors (Lipinski definition) is 6. The number of imide groups is 1. The predicted octanol–water partition coefficient (Wildman–Crippen LogP) is -0.975. The first-order valence-corrected chi connectivity index (χ1v) is 13.9. The van der Waals surface area contributed by atoms with Crippen molar-refractivity contribution >= 4 is 97.1 Å². The standard InChI is InChI=1S/C21H28I3N3O10/c1-9(31)27(10(2)32)19-17(23)14(20(25)35)16(22)15(18(19)24)21(36)26(3-11(33)5-28)4-13(7-30)37-8-12(34)6-29/h11-13,28-30,33-34H,3-8H2,1-2H3,(H2,25,35). The van der Waals surface area contributed by atoms with Crippen LogP contribution in [0.15, 0.2) is 0 Å². The maximum atomic E-state index is 13.8. The molecule has 16 heteroatoms. The molecule has 3 unspecified atom stereocenters. The molecule has 13 nitrogen and oxygen atoms in total. The van der Waals surface area contributed by atoms with Gasteiger partial charge in [-0.15, -0.1) is 0 Å². The SMILES string of the molecule is CC(=O)N(C(C)=O)c1c(I)c(C(N)=O)c(I)c(C(=O)N(CC(O)CO)CC(CO)OCC(O)CO)c1I. The number of benzene rings is 1. The first-order chi connectivity index (χ1) is 17.2. The molecular weight excluding hydrogens is 835 g/mol. The number of hydrogen-bond acceptors (Lipinski definition) is 10. The lowest BCUT2D eigenvalue weighted by Crippen LogP contribution is -2.46. The topological polar surface area (TPSA) is 211 Å². The van der Waals surface area contributed by atoms with Crippen LogP contribution in [-0.2, 0) is 14.3 Å². The van der Waals surface area contributed by atoms with Crippen LogP contribution in [0.5, 0.6) is 0 Å². The van der Waals surface area contributed by atoms with Crippen LogP contribution in [0.4, 0.5) is 5.69 Å². The minimum absolute atomic E-state index is 0.0116. The molecule has 0 aliphatic heterocycles. The number of anilines is 1. The smallest absolute Gasteiger partial charge is 0.256 e. The van der Waals surface area contributed by atoms with Gasteiger partial charge in [-0.3, -0.25) is 19.2 Å². The molecule has 0 heterocycles. The van der Waals surface area contributed by atoms with Crippen LogP contribution in [-0.4, -0.2) is 112 Å². The molecule has 0 bridgehead atoms. The lowest BCUT2D eigenvalue weighted by atomic mass is 10.1. The van der Waals surface area contributed by atoms with Crippen molar-refractivity contribution in [1.29, 1.82) is 0 Å². The number of rotatable bonds is 13. The minimum atomic E-state index is -1.38. The van der Waals surface area contributed by atoms with E-state index >= 15 is 0 Å². The van der Waals surface area contributed by atoms with Gasteiger partial charge in [-0.1, -0.05) is 0 Å². The van der Waals surface area contributed by atoms with Crippen molar-refractivity contribution in [1.82, 2.24) is 4.90 Å². The van der Waals surface area contributed by atoms with Gasteiger partial charge in [0.1, 0.15) is 6.10 Å². The van der Waals surface area contributed by atoms with E-state index in [4.69, 9.17) is 15.6 Å². The molecule has 1 aromatic carbocycles. The molecule has 1 rings (SSSR count). The Hall–Kier alpha value is -0.750. The van der Waals surface area contributed by atoms with E-state index in [1.165, 1.54) is 0 Å². The summed E-state index contributed by atoms with van der Waals surface area (Å²) in [5, 5.41) is 47.7. The molecule has 0 aromatic heterocycles. The number of carbonyl (C=O) groups is 4. The van der Waals surface area contributed by atoms with Crippen LogP contribution in [0.1, 0.15) is 34.6 Å².